The number of para-hydroxylation sites is 1. The monoisotopic (exact) mass is 306 g/mol. The molecule has 2 rings (SSSR count). The number of benzene rings is 1. The number of ether oxygens (including phenoxy) is 2. The quantitative estimate of drug-likeness (QED) is 0.871. The predicted octanol–water partition coefficient (Wildman–Crippen LogP) is 1.81. The van der Waals surface area contributed by atoms with Crippen molar-refractivity contribution in [1.29, 1.82) is 0 Å². The fraction of sp³-hybridized carbons (Fsp3) is 0.588. The van der Waals surface area contributed by atoms with Gasteiger partial charge in [-0.3, -0.25) is 9.69 Å². The third-order valence-corrected chi connectivity index (χ3v) is 4.38. The van der Waals surface area contributed by atoms with Crippen LogP contribution in [0.3, 0.4) is 0 Å². The summed E-state index contributed by atoms with van der Waals surface area (Å²) in [5.41, 5.74) is 0.989. The van der Waals surface area contributed by atoms with Crippen LogP contribution in [0, 0.1) is 0 Å². The van der Waals surface area contributed by atoms with Gasteiger partial charge in [0.2, 0.25) is 5.91 Å². The van der Waals surface area contributed by atoms with E-state index in [1.54, 1.807) is 14.2 Å². The Morgan fingerprint density at radius 1 is 1.32 bits per heavy atom. The highest BCUT2D eigenvalue weighted by Crippen LogP contribution is 2.18. The van der Waals surface area contributed by atoms with Crippen LogP contribution >= 0.6 is 0 Å². The summed E-state index contributed by atoms with van der Waals surface area (Å²) < 4.78 is 10.7. The number of carbonyl (C=O) groups excluding carboxylic acids is 1. The van der Waals surface area contributed by atoms with Gasteiger partial charge in [0.25, 0.3) is 0 Å². The molecule has 5 nitrogen and oxygen atoms in total. The normalized spacial score (nSPS) is 18.0. The maximum atomic E-state index is 12.3. The minimum Gasteiger partial charge on any atom is -0.496 e. The van der Waals surface area contributed by atoms with Gasteiger partial charge in [0, 0.05) is 32.3 Å². The smallest absolute Gasteiger partial charge is 0.237 e. The molecule has 1 atom stereocenters. The van der Waals surface area contributed by atoms with E-state index >= 15 is 0 Å². The first-order valence-corrected chi connectivity index (χ1v) is 7.82. The third kappa shape index (κ3) is 4.21. The second-order valence-electron chi connectivity index (χ2n) is 5.68. The average molecular weight is 306 g/mol. The van der Waals surface area contributed by atoms with Crippen molar-refractivity contribution in [2.24, 2.45) is 0 Å². The summed E-state index contributed by atoms with van der Waals surface area (Å²) in [4.78, 5) is 14.6. The Bertz CT molecular complexity index is 485. The highest BCUT2D eigenvalue weighted by Gasteiger charge is 2.26. The fourth-order valence-electron chi connectivity index (χ4n) is 2.84. The molecule has 1 fully saturated rings. The summed E-state index contributed by atoms with van der Waals surface area (Å²) in [5.74, 6) is 0.859. The van der Waals surface area contributed by atoms with Gasteiger partial charge in [0.05, 0.1) is 19.3 Å². The lowest BCUT2D eigenvalue weighted by Crippen LogP contribution is -2.49. The van der Waals surface area contributed by atoms with E-state index in [1.807, 2.05) is 31.2 Å². The number of piperidine rings is 1. The standard InChI is InChI=1S/C17H26N2O3/c1-13(19-10-8-15(21-2)9-11-19)17(20)18-12-14-6-4-5-7-16(14)22-3/h4-7,13,15H,8-12H2,1-3H3,(H,18,20)/t13-/m1/s1. The van der Waals surface area contributed by atoms with Crippen LogP contribution < -0.4 is 10.1 Å². The minimum atomic E-state index is -0.118. The predicted molar refractivity (Wildman–Crippen MR) is 85.9 cm³/mol. The molecular formula is C17H26N2O3. The lowest BCUT2D eigenvalue weighted by molar-refractivity contribution is -0.127. The van der Waals surface area contributed by atoms with Crippen LogP contribution in [0.5, 0.6) is 5.75 Å². The molecule has 0 unspecified atom stereocenters. The van der Waals surface area contributed by atoms with Crippen LogP contribution in [-0.4, -0.2) is 50.3 Å². The molecule has 1 aliphatic rings. The molecule has 0 aliphatic carbocycles. The first-order valence-electron chi connectivity index (χ1n) is 7.82. The molecule has 22 heavy (non-hydrogen) atoms. The maximum Gasteiger partial charge on any atom is 0.237 e. The number of methoxy groups -OCH3 is 2. The van der Waals surface area contributed by atoms with Crippen molar-refractivity contribution in [3.05, 3.63) is 29.8 Å². The average Bonchev–Trinajstić information content (AvgIpc) is 2.59. The number of carbonyl (C=O) groups is 1. The second kappa shape index (κ2) is 8.15. The number of hydrogen-bond donors (Lipinski definition) is 1. The molecule has 1 aromatic rings. The largest absolute Gasteiger partial charge is 0.496 e. The zero-order chi connectivity index (χ0) is 15.9. The summed E-state index contributed by atoms with van der Waals surface area (Å²) >= 11 is 0. The number of nitrogens with zero attached hydrogens (tertiary/aromatic N) is 1. The molecule has 122 valence electrons. The van der Waals surface area contributed by atoms with Gasteiger partial charge >= 0.3 is 0 Å². The second-order valence-corrected chi connectivity index (χ2v) is 5.68. The van der Waals surface area contributed by atoms with E-state index in [0.29, 0.717) is 12.6 Å². The van der Waals surface area contributed by atoms with Crippen molar-refractivity contribution in [2.75, 3.05) is 27.3 Å². The third-order valence-electron chi connectivity index (χ3n) is 4.38. The Hall–Kier alpha value is -1.59. The zero-order valence-corrected chi connectivity index (χ0v) is 13.7. The number of nitrogens with one attached hydrogen (secondary N) is 1. The first-order chi connectivity index (χ1) is 10.7. The molecule has 1 saturated heterocycles. The molecular weight excluding hydrogens is 280 g/mol. The molecule has 0 spiro atoms. The maximum absolute atomic E-state index is 12.3. The molecule has 0 bridgehead atoms. The number of likely N-dealkylation sites (tertiary alicyclic amines) is 1. The Morgan fingerprint density at radius 3 is 2.64 bits per heavy atom. The summed E-state index contributed by atoms with van der Waals surface area (Å²) in [6, 6.07) is 7.62. The molecule has 1 amide bonds. The van der Waals surface area contributed by atoms with Crippen LogP contribution in [0.25, 0.3) is 0 Å². The summed E-state index contributed by atoms with van der Waals surface area (Å²) in [6.45, 7) is 4.26. The van der Waals surface area contributed by atoms with Crippen molar-refractivity contribution < 1.29 is 14.3 Å². The van der Waals surface area contributed by atoms with Crippen LogP contribution in [0.4, 0.5) is 0 Å². The molecule has 1 heterocycles. The van der Waals surface area contributed by atoms with Gasteiger partial charge in [-0.15, -0.1) is 0 Å². The molecule has 1 aliphatic heterocycles. The Kier molecular flexibility index (Phi) is 6.21. The Labute approximate surface area is 132 Å². The molecule has 0 aromatic heterocycles. The topological polar surface area (TPSA) is 50.8 Å². The summed E-state index contributed by atoms with van der Waals surface area (Å²) in [6.07, 6.45) is 2.31. The highest BCUT2D eigenvalue weighted by molar-refractivity contribution is 5.81. The van der Waals surface area contributed by atoms with E-state index < -0.39 is 0 Å². The molecule has 5 heteroatoms. The summed E-state index contributed by atoms with van der Waals surface area (Å²) in [7, 11) is 3.40. The minimum absolute atomic E-state index is 0.0572. The van der Waals surface area contributed by atoms with Gasteiger partial charge < -0.3 is 14.8 Å². The van der Waals surface area contributed by atoms with Crippen LogP contribution in [0.1, 0.15) is 25.3 Å². The van der Waals surface area contributed by atoms with Crippen molar-refractivity contribution in [2.45, 2.75) is 38.5 Å². The van der Waals surface area contributed by atoms with Gasteiger partial charge in [-0.25, -0.2) is 0 Å². The molecule has 1 aromatic carbocycles. The van der Waals surface area contributed by atoms with E-state index in [-0.39, 0.29) is 11.9 Å². The highest BCUT2D eigenvalue weighted by atomic mass is 16.5. The Balaban J connectivity index is 1.84. The lowest BCUT2D eigenvalue weighted by Gasteiger charge is -2.34. The van der Waals surface area contributed by atoms with E-state index in [1.165, 1.54) is 0 Å². The lowest BCUT2D eigenvalue weighted by atomic mass is 10.1. The summed E-state index contributed by atoms with van der Waals surface area (Å²) in [5, 5.41) is 3.00. The van der Waals surface area contributed by atoms with Crippen molar-refractivity contribution in [1.82, 2.24) is 10.2 Å². The van der Waals surface area contributed by atoms with Crippen LogP contribution in [0.15, 0.2) is 24.3 Å². The first kappa shape index (κ1) is 16.8. The Morgan fingerprint density at radius 2 is 2.00 bits per heavy atom. The van der Waals surface area contributed by atoms with Crippen molar-refractivity contribution in [3.63, 3.8) is 0 Å². The molecule has 0 radical (unpaired) electrons. The van der Waals surface area contributed by atoms with E-state index in [0.717, 1.165) is 37.2 Å². The van der Waals surface area contributed by atoms with Crippen molar-refractivity contribution in [3.8, 4) is 5.75 Å². The van der Waals surface area contributed by atoms with Crippen LogP contribution in [0.2, 0.25) is 0 Å². The van der Waals surface area contributed by atoms with Gasteiger partial charge in [0.15, 0.2) is 0 Å². The van der Waals surface area contributed by atoms with Gasteiger partial charge in [-0.05, 0) is 25.8 Å². The number of hydrogen-bond acceptors (Lipinski definition) is 4. The van der Waals surface area contributed by atoms with Gasteiger partial charge in [-0.1, -0.05) is 18.2 Å². The van der Waals surface area contributed by atoms with Crippen molar-refractivity contribution >= 4 is 5.91 Å². The van der Waals surface area contributed by atoms with E-state index in [9.17, 15) is 4.79 Å². The van der Waals surface area contributed by atoms with Gasteiger partial charge in [-0.2, -0.15) is 0 Å². The SMILES string of the molecule is COc1ccccc1CNC(=O)[C@@H](C)N1CCC(OC)CC1. The van der Waals surface area contributed by atoms with Gasteiger partial charge in [0.1, 0.15) is 5.75 Å². The van der Waals surface area contributed by atoms with E-state index in [2.05, 4.69) is 10.2 Å². The fourth-order valence-corrected chi connectivity index (χ4v) is 2.84. The molecule has 0 saturated carbocycles. The number of rotatable bonds is 6. The molecule has 1 N–H and O–H groups in total. The number of amides is 1. The van der Waals surface area contributed by atoms with E-state index in [4.69, 9.17) is 9.47 Å². The van der Waals surface area contributed by atoms with Crippen LogP contribution in [-0.2, 0) is 16.1 Å². The zero-order valence-electron chi connectivity index (χ0n) is 13.7.